The average molecular weight is 269 g/mol. The second kappa shape index (κ2) is 6.06. The molecule has 1 amide bonds. The third kappa shape index (κ3) is 5.37. The molecule has 0 aliphatic carbocycles. The summed E-state index contributed by atoms with van der Waals surface area (Å²) in [6.45, 7) is 8.20. The Balaban J connectivity index is 2.38. The van der Waals surface area contributed by atoms with Crippen LogP contribution < -0.4 is 10.6 Å². The van der Waals surface area contributed by atoms with Crippen LogP contribution in [-0.2, 0) is 4.79 Å². The molecule has 6 heteroatoms. The van der Waals surface area contributed by atoms with E-state index in [1.165, 1.54) is 18.3 Å². The first-order valence-electron chi connectivity index (χ1n) is 5.79. The number of carbonyl (C=O) groups is 2. The molecule has 0 aliphatic heterocycles. The summed E-state index contributed by atoms with van der Waals surface area (Å²) in [7, 11) is 0. The summed E-state index contributed by atoms with van der Waals surface area (Å²) in [6, 6.07) is 0. The molecular weight excluding hydrogens is 250 g/mol. The Labute approximate surface area is 111 Å². The normalized spacial score (nSPS) is 11.3. The Hall–Kier alpha value is -1.27. The highest BCUT2D eigenvalue weighted by atomic mass is 32.1. The summed E-state index contributed by atoms with van der Waals surface area (Å²) < 4.78 is 0. The van der Waals surface area contributed by atoms with Gasteiger partial charge in [0, 0.05) is 30.8 Å². The van der Waals surface area contributed by atoms with Crippen LogP contribution in [0, 0.1) is 0 Å². The largest absolute Gasteiger partial charge is 0.312 e. The molecular formula is C12H19N3O2S. The third-order valence-corrected chi connectivity index (χ3v) is 2.88. The Bertz CT molecular complexity index is 435. The predicted molar refractivity (Wildman–Crippen MR) is 73.1 cm³/mol. The van der Waals surface area contributed by atoms with Gasteiger partial charge in [0.2, 0.25) is 5.91 Å². The number of ketones is 1. The Kier molecular flexibility index (Phi) is 4.98. The first-order valence-corrected chi connectivity index (χ1v) is 6.67. The van der Waals surface area contributed by atoms with Gasteiger partial charge in [-0.25, -0.2) is 4.98 Å². The van der Waals surface area contributed by atoms with Gasteiger partial charge in [-0.2, -0.15) is 0 Å². The summed E-state index contributed by atoms with van der Waals surface area (Å²) in [4.78, 5) is 26.7. The molecule has 0 radical (unpaired) electrons. The van der Waals surface area contributed by atoms with E-state index in [1.54, 1.807) is 5.38 Å². The van der Waals surface area contributed by atoms with Gasteiger partial charge in [0.25, 0.3) is 0 Å². The molecule has 5 nitrogen and oxygen atoms in total. The Morgan fingerprint density at radius 3 is 2.56 bits per heavy atom. The minimum atomic E-state index is -0.101. The van der Waals surface area contributed by atoms with Crippen molar-refractivity contribution in [1.82, 2.24) is 10.3 Å². The molecule has 0 unspecified atom stereocenters. The van der Waals surface area contributed by atoms with Gasteiger partial charge < -0.3 is 10.6 Å². The van der Waals surface area contributed by atoms with Gasteiger partial charge in [-0.05, 0) is 20.8 Å². The fraction of sp³-hybridized carbons (Fsp3) is 0.583. The molecule has 0 saturated heterocycles. The summed E-state index contributed by atoms with van der Waals surface area (Å²) >= 11 is 1.26. The molecule has 18 heavy (non-hydrogen) atoms. The van der Waals surface area contributed by atoms with E-state index in [0.717, 1.165) is 0 Å². The van der Waals surface area contributed by atoms with Crippen LogP contribution in [0.1, 0.15) is 44.6 Å². The average Bonchev–Trinajstić information content (AvgIpc) is 2.64. The van der Waals surface area contributed by atoms with Crippen LogP contribution in [0.3, 0.4) is 0 Å². The SMILES string of the molecule is CC(=O)c1csc(NC(=O)CCNC(C)(C)C)n1. The van der Waals surface area contributed by atoms with Crippen LogP contribution in [0.4, 0.5) is 5.13 Å². The number of nitrogens with one attached hydrogen (secondary N) is 2. The second-order valence-electron chi connectivity index (χ2n) is 5.07. The number of aromatic nitrogens is 1. The van der Waals surface area contributed by atoms with E-state index in [4.69, 9.17) is 0 Å². The molecule has 100 valence electrons. The van der Waals surface area contributed by atoms with Gasteiger partial charge in [0.05, 0.1) is 0 Å². The zero-order chi connectivity index (χ0) is 13.8. The highest BCUT2D eigenvalue weighted by Crippen LogP contribution is 2.15. The minimum Gasteiger partial charge on any atom is -0.312 e. The Morgan fingerprint density at radius 1 is 1.39 bits per heavy atom. The van der Waals surface area contributed by atoms with Crippen molar-refractivity contribution in [3.05, 3.63) is 11.1 Å². The summed E-state index contributed by atoms with van der Waals surface area (Å²) in [5.74, 6) is -0.197. The maximum absolute atomic E-state index is 11.6. The number of carbonyl (C=O) groups excluding carboxylic acids is 2. The molecule has 1 rings (SSSR count). The summed E-state index contributed by atoms with van der Waals surface area (Å²) in [5.41, 5.74) is 0.395. The smallest absolute Gasteiger partial charge is 0.227 e. The van der Waals surface area contributed by atoms with Crippen molar-refractivity contribution in [3.63, 3.8) is 0 Å². The number of hydrogen-bond donors (Lipinski definition) is 2. The monoisotopic (exact) mass is 269 g/mol. The number of thiazole rings is 1. The number of rotatable bonds is 5. The number of amides is 1. The van der Waals surface area contributed by atoms with Gasteiger partial charge >= 0.3 is 0 Å². The molecule has 0 fully saturated rings. The van der Waals surface area contributed by atoms with Crippen LogP contribution in [0.15, 0.2) is 5.38 Å². The van der Waals surface area contributed by atoms with Gasteiger partial charge in [-0.3, -0.25) is 9.59 Å². The van der Waals surface area contributed by atoms with Crippen molar-refractivity contribution in [2.75, 3.05) is 11.9 Å². The molecule has 2 N–H and O–H groups in total. The summed E-state index contributed by atoms with van der Waals surface area (Å²) in [6.07, 6.45) is 0.381. The van der Waals surface area contributed by atoms with E-state index in [-0.39, 0.29) is 17.2 Å². The standard InChI is InChI=1S/C12H19N3O2S/c1-8(16)9-7-18-11(14-9)15-10(17)5-6-13-12(2,3)4/h7,13H,5-6H2,1-4H3,(H,14,15,17). The zero-order valence-corrected chi connectivity index (χ0v) is 12.0. The highest BCUT2D eigenvalue weighted by Gasteiger charge is 2.11. The first-order chi connectivity index (χ1) is 8.28. The Morgan fingerprint density at radius 2 is 2.06 bits per heavy atom. The summed E-state index contributed by atoms with van der Waals surface area (Å²) in [5, 5.41) is 8.03. The molecule has 0 atom stereocenters. The van der Waals surface area contributed by atoms with E-state index in [2.05, 4.69) is 15.6 Å². The van der Waals surface area contributed by atoms with Crippen molar-refractivity contribution in [2.45, 2.75) is 39.7 Å². The van der Waals surface area contributed by atoms with Crippen LogP contribution in [0.25, 0.3) is 0 Å². The number of nitrogens with zero attached hydrogens (tertiary/aromatic N) is 1. The first kappa shape index (κ1) is 14.8. The van der Waals surface area contributed by atoms with Gasteiger partial charge in [-0.15, -0.1) is 11.3 Å². The molecule has 0 aliphatic rings. The highest BCUT2D eigenvalue weighted by molar-refractivity contribution is 7.14. The van der Waals surface area contributed by atoms with E-state index < -0.39 is 0 Å². The number of Topliss-reactive ketones (excluding diaryl/α,β-unsaturated/α-hetero) is 1. The lowest BCUT2D eigenvalue weighted by atomic mass is 10.1. The molecule has 1 heterocycles. The van der Waals surface area contributed by atoms with Crippen LogP contribution in [0.5, 0.6) is 0 Å². The van der Waals surface area contributed by atoms with Gasteiger partial charge in [-0.1, -0.05) is 0 Å². The predicted octanol–water partition coefficient (Wildman–Crippen LogP) is 2.06. The van der Waals surface area contributed by atoms with Crippen LogP contribution in [-0.4, -0.2) is 28.8 Å². The molecule has 0 saturated carbocycles. The van der Waals surface area contributed by atoms with Gasteiger partial charge in [0.1, 0.15) is 5.69 Å². The second-order valence-corrected chi connectivity index (χ2v) is 5.93. The number of hydrogen-bond acceptors (Lipinski definition) is 5. The van der Waals surface area contributed by atoms with E-state index in [9.17, 15) is 9.59 Å². The van der Waals surface area contributed by atoms with Crippen LogP contribution in [0.2, 0.25) is 0 Å². The molecule has 0 spiro atoms. The molecule has 0 aromatic carbocycles. The maximum atomic E-state index is 11.6. The van der Waals surface area contributed by atoms with Gasteiger partial charge in [0.15, 0.2) is 10.9 Å². The fourth-order valence-electron chi connectivity index (χ4n) is 1.23. The van der Waals surface area contributed by atoms with Crippen molar-refractivity contribution >= 4 is 28.2 Å². The lowest BCUT2D eigenvalue weighted by molar-refractivity contribution is -0.116. The quantitative estimate of drug-likeness (QED) is 0.803. The van der Waals surface area contributed by atoms with Crippen molar-refractivity contribution < 1.29 is 9.59 Å². The van der Waals surface area contributed by atoms with Crippen molar-refractivity contribution in [1.29, 1.82) is 0 Å². The molecule has 1 aromatic heterocycles. The minimum absolute atomic E-state index is 0.00324. The fourth-order valence-corrected chi connectivity index (χ4v) is 1.99. The maximum Gasteiger partial charge on any atom is 0.227 e. The van der Waals surface area contributed by atoms with Crippen LogP contribution >= 0.6 is 11.3 Å². The van der Waals surface area contributed by atoms with E-state index in [1.807, 2.05) is 20.8 Å². The number of anilines is 1. The van der Waals surface area contributed by atoms with Crippen molar-refractivity contribution in [2.24, 2.45) is 0 Å². The topological polar surface area (TPSA) is 71.1 Å². The lowest BCUT2D eigenvalue weighted by Gasteiger charge is -2.19. The molecule has 0 bridgehead atoms. The third-order valence-electron chi connectivity index (χ3n) is 2.12. The van der Waals surface area contributed by atoms with E-state index >= 15 is 0 Å². The van der Waals surface area contributed by atoms with Crippen molar-refractivity contribution in [3.8, 4) is 0 Å². The zero-order valence-electron chi connectivity index (χ0n) is 11.2. The van der Waals surface area contributed by atoms with E-state index in [0.29, 0.717) is 23.8 Å². The molecule has 1 aromatic rings. The lowest BCUT2D eigenvalue weighted by Crippen LogP contribution is -2.37.